The van der Waals surface area contributed by atoms with Gasteiger partial charge in [-0.25, -0.2) is 0 Å². The van der Waals surface area contributed by atoms with Gasteiger partial charge in [0.2, 0.25) is 0 Å². The molecule has 258 valence electrons. The van der Waals surface area contributed by atoms with Crippen LogP contribution in [0, 0.1) is 10.1 Å². The van der Waals surface area contributed by atoms with Crippen LogP contribution in [-0.2, 0) is 31.3 Å². The summed E-state index contributed by atoms with van der Waals surface area (Å²) in [5.74, 6) is -0.0232. The first-order valence-corrected chi connectivity index (χ1v) is 15.6. The van der Waals surface area contributed by atoms with Crippen LogP contribution in [0.2, 0.25) is 0 Å². The van der Waals surface area contributed by atoms with E-state index in [4.69, 9.17) is 33.5 Å². The summed E-state index contributed by atoms with van der Waals surface area (Å²) in [5, 5.41) is 20.6. The second-order valence-electron chi connectivity index (χ2n) is 10.9. The van der Waals surface area contributed by atoms with Crippen LogP contribution in [-0.4, -0.2) is 56.5 Å². The molecule has 0 saturated carbocycles. The molecule has 12 heteroatoms. The molecule has 1 N–H and O–H groups in total. The van der Waals surface area contributed by atoms with Gasteiger partial charge >= 0.3 is 11.9 Å². The number of nitrogens with zero attached hydrogens (tertiary/aromatic N) is 1. The monoisotopic (exact) mass is 673 g/mol. The third kappa shape index (κ3) is 9.26. The first kappa shape index (κ1) is 36.2. The van der Waals surface area contributed by atoms with Gasteiger partial charge in [0.1, 0.15) is 23.7 Å². The van der Waals surface area contributed by atoms with E-state index in [1.807, 2.05) is 78.9 Å². The molecular formula is C37H39NO11. The summed E-state index contributed by atoms with van der Waals surface area (Å²) >= 11 is 0. The minimum Gasteiger partial charge on any atom is -0.497 e. The summed E-state index contributed by atoms with van der Waals surface area (Å²) < 4.78 is 33.6. The Morgan fingerprint density at radius 2 is 1.33 bits per heavy atom. The van der Waals surface area contributed by atoms with Crippen molar-refractivity contribution in [2.24, 2.45) is 0 Å². The van der Waals surface area contributed by atoms with Gasteiger partial charge < -0.3 is 33.5 Å². The molecule has 0 fully saturated rings. The summed E-state index contributed by atoms with van der Waals surface area (Å²) in [7, 11) is 4.57. The van der Waals surface area contributed by atoms with Crippen molar-refractivity contribution >= 4 is 17.6 Å². The van der Waals surface area contributed by atoms with Gasteiger partial charge in [-0.2, -0.15) is 0 Å². The Morgan fingerprint density at radius 1 is 0.735 bits per heavy atom. The molecule has 12 nitrogen and oxygen atoms in total. The zero-order valence-corrected chi connectivity index (χ0v) is 27.6. The summed E-state index contributed by atoms with van der Waals surface area (Å²) in [4.78, 5) is 34.6. The molecule has 49 heavy (non-hydrogen) atoms. The fourth-order valence-electron chi connectivity index (χ4n) is 5.30. The highest BCUT2D eigenvalue weighted by Crippen LogP contribution is 2.42. The van der Waals surface area contributed by atoms with E-state index in [0.29, 0.717) is 30.9 Å². The maximum Gasteiger partial charge on any atom is 0.306 e. The maximum atomic E-state index is 12.7. The van der Waals surface area contributed by atoms with Crippen LogP contribution in [0.3, 0.4) is 0 Å². The van der Waals surface area contributed by atoms with Crippen molar-refractivity contribution in [3.05, 3.63) is 123 Å². The van der Waals surface area contributed by atoms with E-state index >= 15 is 0 Å². The van der Waals surface area contributed by atoms with Crippen LogP contribution in [0.5, 0.6) is 23.0 Å². The fraction of sp³-hybridized carbons (Fsp3) is 0.297. The van der Waals surface area contributed by atoms with E-state index in [9.17, 15) is 19.7 Å². The van der Waals surface area contributed by atoms with Crippen LogP contribution in [0.4, 0.5) is 5.69 Å². The number of hydrogen-bond acceptors (Lipinski definition) is 10. The number of nitro groups is 1. The standard InChI is InChI=1S/C37H39NO11/c1-44-30-16-12-28(13-17-30)37(27-9-5-4-6-10-27,29-14-18-31(45-2)19-15-29)49-21-8-7-11-36(41)48-25-26-23-33(46-3)34(24-32(26)38(42)43)47-22-20-35(39)40/h4-6,9-10,12-19,23-24H,7-8,11,20-22,25H2,1-3H3,(H,39,40). The van der Waals surface area contributed by atoms with Crippen LogP contribution in [0.1, 0.15) is 47.9 Å². The van der Waals surface area contributed by atoms with Crippen molar-refractivity contribution in [3.8, 4) is 23.0 Å². The number of rotatable bonds is 19. The van der Waals surface area contributed by atoms with Gasteiger partial charge in [-0.3, -0.25) is 19.7 Å². The van der Waals surface area contributed by atoms with Crippen LogP contribution in [0.15, 0.2) is 91.0 Å². The Labute approximate surface area is 284 Å². The average molecular weight is 674 g/mol. The molecule has 0 aliphatic heterocycles. The Morgan fingerprint density at radius 3 is 1.86 bits per heavy atom. The Bertz CT molecular complexity index is 1640. The Kier molecular flexibility index (Phi) is 12.9. The van der Waals surface area contributed by atoms with Crippen LogP contribution >= 0.6 is 0 Å². The smallest absolute Gasteiger partial charge is 0.306 e. The first-order valence-electron chi connectivity index (χ1n) is 15.6. The van der Waals surface area contributed by atoms with Gasteiger partial charge in [0.25, 0.3) is 5.69 Å². The fourth-order valence-corrected chi connectivity index (χ4v) is 5.30. The molecule has 0 saturated heterocycles. The van der Waals surface area contributed by atoms with Crippen molar-refractivity contribution in [1.82, 2.24) is 0 Å². The van der Waals surface area contributed by atoms with E-state index in [-0.39, 0.29) is 48.8 Å². The van der Waals surface area contributed by atoms with Gasteiger partial charge in [0, 0.05) is 13.0 Å². The molecule has 4 aromatic rings. The molecular weight excluding hydrogens is 634 g/mol. The number of hydrogen-bond donors (Lipinski definition) is 1. The number of carbonyl (C=O) groups excluding carboxylic acids is 1. The molecule has 4 rings (SSSR count). The summed E-state index contributed by atoms with van der Waals surface area (Å²) in [6, 6.07) is 27.8. The highest BCUT2D eigenvalue weighted by molar-refractivity contribution is 5.69. The van der Waals surface area contributed by atoms with Crippen molar-refractivity contribution < 1.29 is 48.0 Å². The molecule has 0 aliphatic rings. The van der Waals surface area contributed by atoms with Crippen molar-refractivity contribution in [2.75, 3.05) is 34.5 Å². The second-order valence-corrected chi connectivity index (χ2v) is 10.9. The number of carbonyl (C=O) groups is 2. The van der Waals surface area contributed by atoms with Crippen LogP contribution < -0.4 is 18.9 Å². The molecule has 4 aromatic carbocycles. The van der Waals surface area contributed by atoms with E-state index in [1.54, 1.807) is 14.2 Å². The maximum absolute atomic E-state index is 12.7. The average Bonchev–Trinajstić information content (AvgIpc) is 3.12. The summed E-state index contributed by atoms with van der Waals surface area (Å²) in [6.07, 6.45) is 0.731. The lowest BCUT2D eigenvalue weighted by Crippen LogP contribution is -2.33. The number of benzene rings is 4. The molecule has 0 unspecified atom stereocenters. The molecule has 0 aromatic heterocycles. The lowest BCUT2D eigenvalue weighted by atomic mass is 9.80. The molecule has 0 aliphatic carbocycles. The predicted octanol–water partition coefficient (Wildman–Crippen LogP) is 6.70. The summed E-state index contributed by atoms with van der Waals surface area (Å²) in [5.41, 5.74) is 1.47. The molecule has 0 bridgehead atoms. The number of unbranched alkanes of at least 4 members (excludes halogenated alkanes) is 1. The van der Waals surface area contributed by atoms with Gasteiger partial charge in [-0.1, -0.05) is 54.6 Å². The Balaban J connectivity index is 1.44. The van der Waals surface area contributed by atoms with Gasteiger partial charge in [0.05, 0.1) is 50.9 Å². The van der Waals surface area contributed by atoms with E-state index in [2.05, 4.69) is 0 Å². The second kappa shape index (κ2) is 17.5. The number of ether oxygens (including phenoxy) is 6. The minimum absolute atomic E-state index is 0.0152. The van der Waals surface area contributed by atoms with Crippen molar-refractivity contribution in [2.45, 2.75) is 37.9 Å². The Hall–Kier alpha value is -5.62. The van der Waals surface area contributed by atoms with Crippen LogP contribution in [0.25, 0.3) is 0 Å². The number of nitro benzene ring substituents is 1. The number of esters is 1. The third-order valence-corrected chi connectivity index (χ3v) is 7.79. The zero-order valence-electron chi connectivity index (χ0n) is 27.6. The third-order valence-electron chi connectivity index (χ3n) is 7.79. The first-order chi connectivity index (χ1) is 23.7. The number of methoxy groups -OCH3 is 3. The predicted molar refractivity (Wildman–Crippen MR) is 179 cm³/mol. The number of carboxylic acid groups (broad SMARTS) is 1. The van der Waals surface area contributed by atoms with Gasteiger partial charge in [-0.15, -0.1) is 0 Å². The summed E-state index contributed by atoms with van der Waals surface area (Å²) in [6.45, 7) is -0.261. The topological polar surface area (TPSA) is 153 Å². The normalized spacial score (nSPS) is 11.0. The molecule has 0 radical (unpaired) electrons. The van der Waals surface area contributed by atoms with Crippen molar-refractivity contribution in [1.29, 1.82) is 0 Å². The lowest BCUT2D eigenvalue weighted by Gasteiger charge is -2.36. The SMILES string of the molecule is COc1ccc(C(OCCCCC(=O)OCc2cc(OC)c(OCCC(=O)O)cc2[N+](=O)[O-])(c2ccccc2)c2ccc(OC)cc2)cc1. The highest BCUT2D eigenvalue weighted by atomic mass is 16.6. The zero-order chi connectivity index (χ0) is 35.2. The van der Waals surface area contributed by atoms with E-state index < -0.39 is 22.5 Å². The van der Waals surface area contributed by atoms with Gasteiger partial charge in [-0.05, 0) is 59.9 Å². The largest absolute Gasteiger partial charge is 0.497 e. The quantitative estimate of drug-likeness (QED) is 0.0372. The van der Waals surface area contributed by atoms with E-state index in [0.717, 1.165) is 22.8 Å². The lowest BCUT2D eigenvalue weighted by molar-refractivity contribution is -0.385. The van der Waals surface area contributed by atoms with Gasteiger partial charge in [0.15, 0.2) is 11.5 Å². The molecule has 0 spiro atoms. The number of aliphatic carboxylic acids is 1. The number of carboxylic acids is 1. The minimum atomic E-state index is -1.08. The molecule has 0 amide bonds. The van der Waals surface area contributed by atoms with Crippen molar-refractivity contribution in [3.63, 3.8) is 0 Å². The highest BCUT2D eigenvalue weighted by Gasteiger charge is 2.37. The molecule has 0 heterocycles. The van der Waals surface area contributed by atoms with E-state index in [1.165, 1.54) is 13.2 Å². The molecule has 0 atom stereocenters.